The third-order valence-corrected chi connectivity index (χ3v) is 7.58. The molecule has 3 heterocycles. The zero-order valence-corrected chi connectivity index (χ0v) is 24.6. The van der Waals surface area contributed by atoms with Gasteiger partial charge in [0.25, 0.3) is 0 Å². The van der Waals surface area contributed by atoms with Crippen LogP contribution >= 0.6 is 11.3 Å². The number of thiophene rings is 1. The third kappa shape index (κ3) is 11.4. The molecule has 0 saturated heterocycles. The lowest BCUT2D eigenvalue weighted by molar-refractivity contribution is -0.134. The van der Waals surface area contributed by atoms with Gasteiger partial charge in [-0.1, -0.05) is 30.4 Å². The van der Waals surface area contributed by atoms with Crippen molar-refractivity contribution < 1.29 is 48.0 Å². The molecule has 13 nitrogen and oxygen atoms in total. The lowest BCUT2D eigenvalue weighted by Gasteiger charge is -2.07. The number of carboxylic acid groups (broad SMARTS) is 4. The molecule has 0 bridgehead atoms. The number of aliphatic carboxylic acids is 2. The van der Waals surface area contributed by atoms with Gasteiger partial charge < -0.3 is 25.7 Å². The second-order valence-electron chi connectivity index (χ2n) is 8.31. The van der Waals surface area contributed by atoms with E-state index in [9.17, 15) is 27.6 Å². The van der Waals surface area contributed by atoms with E-state index in [2.05, 4.69) is 10.3 Å². The molecule has 230 valence electrons. The second kappa shape index (κ2) is 16.8. The Bertz CT molecular complexity index is 1700. The molecule has 0 aliphatic carbocycles. The monoisotopic (exact) mass is 641 g/mol. The minimum Gasteiger partial charge on any atom is -0.478 e. The number of benzene rings is 1. The lowest BCUT2D eigenvalue weighted by Crippen LogP contribution is -2.15. The van der Waals surface area contributed by atoms with Crippen LogP contribution in [-0.4, -0.2) is 74.5 Å². The molecule has 0 unspecified atom stereocenters. The Balaban J connectivity index is 0.000000280. The van der Waals surface area contributed by atoms with Crippen molar-refractivity contribution in [2.75, 3.05) is 18.1 Å². The first kappa shape index (κ1) is 34.7. The molecule has 15 heteroatoms. The smallest absolute Gasteiger partial charge is 0.335 e. The van der Waals surface area contributed by atoms with E-state index < -0.39 is 33.9 Å². The molecule has 5 N–H and O–H groups in total. The number of carboxylic acids is 4. The van der Waals surface area contributed by atoms with Gasteiger partial charge in [-0.05, 0) is 47.3 Å². The maximum atomic E-state index is 12.7. The number of hydrogen-bond donors (Lipinski definition) is 5. The van der Waals surface area contributed by atoms with Gasteiger partial charge in [-0.2, -0.15) is 0 Å². The van der Waals surface area contributed by atoms with Crippen LogP contribution in [0.1, 0.15) is 26.3 Å². The topological polar surface area (TPSA) is 213 Å². The van der Waals surface area contributed by atoms with E-state index in [0.717, 1.165) is 22.2 Å². The van der Waals surface area contributed by atoms with E-state index in [1.807, 2.05) is 35.7 Å². The summed E-state index contributed by atoms with van der Waals surface area (Å²) in [5, 5.41) is 37.5. The molecule has 1 aromatic carbocycles. The third-order valence-electron chi connectivity index (χ3n) is 5.17. The highest BCUT2D eigenvalue weighted by atomic mass is 32.2. The van der Waals surface area contributed by atoms with E-state index in [1.54, 1.807) is 37.8 Å². The van der Waals surface area contributed by atoms with Crippen LogP contribution in [0, 0.1) is 0 Å². The molecule has 0 atom stereocenters. The summed E-state index contributed by atoms with van der Waals surface area (Å²) in [6, 6.07) is 14.5. The molecule has 0 spiro atoms. The Morgan fingerprint density at radius 2 is 1.55 bits per heavy atom. The first-order chi connectivity index (χ1) is 20.8. The zero-order valence-electron chi connectivity index (χ0n) is 23.0. The Hall–Kier alpha value is -5.54. The number of anilines is 1. The summed E-state index contributed by atoms with van der Waals surface area (Å²) >= 11 is 1.51. The summed E-state index contributed by atoms with van der Waals surface area (Å²) < 4.78 is 26.8. The maximum Gasteiger partial charge on any atom is 0.335 e. The Labute approximate surface area is 255 Å². The van der Waals surface area contributed by atoms with Crippen LogP contribution in [0.3, 0.4) is 0 Å². The van der Waals surface area contributed by atoms with Crippen molar-refractivity contribution in [3.05, 3.63) is 113 Å². The van der Waals surface area contributed by atoms with Gasteiger partial charge in [0.2, 0.25) is 10.0 Å². The zero-order chi connectivity index (χ0) is 32.7. The van der Waals surface area contributed by atoms with Gasteiger partial charge in [-0.3, -0.25) is 4.98 Å². The van der Waals surface area contributed by atoms with Gasteiger partial charge in [0.05, 0.1) is 33.1 Å². The molecule has 0 radical (unpaired) electrons. The normalized spacial score (nSPS) is 10.8. The number of rotatable bonds is 10. The Morgan fingerprint density at radius 3 is 2.02 bits per heavy atom. The van der Waals surface area contributed by atoms with Crippen LogP contribution in [0.2, 0.25) is 0 Å². The van der Waals surface area contributed by atoms with Crippen LogP contribution in [0.25, 0.3) is 16.6 Å². The van der Waals surface area contributed by atoms with Crippen LogP contribution in [0.4, 0.5) is 5.69 Å². The molecule has 0 aliphatic rings. The van der Waals surface area contributed by atoms with E-state index in [1.165, 1.54) is 33.5 Å². The van der Waals surface area contributed by atoms with E-state index >= 15 is 0 Å². The molecule has 4 aromatic rings. The SMILES string of the molecule is CNc1cc(-c2cccs2)n(S(=O)(=O)CC=Cc2cccnc2)c1.O=C(O)/C=C/C(=O)O.O=C(O)c1cccc(C(=O)O)c1. The van der Waals surface area contributed by atoms with Gasteiger partial charge in [0, 0.05) is 37.8 Å². The van der Waals surface area contributed by atoms with Crippen molar-refractivity contribution in [1.82, 2.24) is 8.96 Å². The molecule has 0 saturated carbocycles. The molecule has 44 heavy (non-hydrogen) atoms. The highest BCUT2D eigenvalue weighted by Crippen LogP contribution is 2.30. The first-order valence-corrected chi connectivity index (χ1v) is 14.8. The molecule has 0 aliphatic heterocycles. The number of hydrogen-bond acceptors (Lipinski definition) is 9. The number of aromatic carboxylic acids is 2. The van der Waals surface area contributed by atoms with Crippen LogP contribution in [0.15, 0.2) is 96.8 Å². The number of nitrogens with one attached hydrogen (secondary N) is 1. The summed E-state index contributed by atoms with van der Waals surface area (Å²) in [4.78, 5) is 44.8. The predicted molar refractivity (Wildman–Crippen MR) is 165 cm³/mol. The fraction of sp³-hybridized carbons (Fsp3) is 0.0690. The summed E-state index contributed by atoms with van der Waals surface area (Å²) in [5.41, 5.74) is 2.27. The van der Waals surface area contributed by atoms with Crippen molar-refractivity contribution in [2.24, 2.45) is 0 Å². The maximum absolute atomic E-state index is 12.7. The Kier molecular flexibility index (Phi) is 13.2. The summed E-state index contributed by atoms with van der Waals surface area (Å²) in [6.45, 7) is 0. The first-order valence-electron chi connectivity index (χ1n) is 12.3. The van der Waals surface area contributed by atoms with E-state index in [-0.39, 0.29) is 16.9 Å². The second-order valence-corrected chi connectivity index (χ2v) is 11.1. The fourth-order valence-corrected chi connectivity index (χ4v) is 5.23. The lowest BCUT2D eigenvalue weighted by atomic mass is 10.1. The van der Waals surface area contributed by atoms with Gasteiger partial charge in [-0.25, -0.2) is 31.6 Å². The molecular weight excluding hydrogens is 614 g/mol. The largest absolute Gasteiger partial charge is 0.478 e. The molecule has 4 rings (SSSR count). The number of carbonyl (C=O) groups is 4. The predicted octanol–water partition coefficient (Wildman–Crippen LogP) is 4.34. The van der Waals surface area contributed by atoms with Crippen LogP contribution in [0.5, 0.6) is 0 Å². The van der Waals surface area contributed by atoms with Crippen molar-refractivity contribution >= 4 is 57.0 Å². The van der Waals surface area contributed by atoms with Crippen molar-refractivity contribution in [3.8, 4) is 10.6 Å². The Morgan fingerprint density at radius 1 is 0.909 bits per heavy atom. The number of pyridine rings is 1. The quantitative estimate of drug-likeness (QED) is 0.153. The molecule has 0 amide bonds. The number of aromatic nitrogens is 2. The van der Waals surface area contributed by atoms with Crippen molar-refractivity contribution in [3.63, 3.8) is 0 Å². The summed E-state index contributed by atoms with van der Waals surface area (Å²) in [7, 11) is -1.73. The van der Waals surface area contributed by atoms with E-state index in [0.29, 0.717) is 17.8 Å². The summed E-state index contributed by atoms with van der Waals surface area (Å²) in [6.07, 6.45) is 9.50. The van der Waals surface area contributed by atoms with Gasteiger partial charge >= 0.3 is 23.9 Å². The van der Waals surface area contributed by atoms with Crippen molar-refractivity contribution in [2.45, 2.75) is 0 Å². The molecule has 3 aromatic heterocycles. The van der Waals surface area contributed by atoms with Crippen molar-refractivity contribution in [1.29, 1.82) is 0 Å². The van der Waals surface area contributed by atoms with Gasteiger partial charge in [-0.15, -0.1) is 11.3 Å². The average Bonchev–Trinajstić information content (AvgIpc) is 3.68. The standard InChI is InChI=1S/C17H17N3O2S2.C8H6O4.C4H4O4/c1-18-15-11-16(17-7-3-9-23-17)20(13-15)24(21,22)10-4-6-14-5-2-8-19-12-14;9-7(10)5-2-1-3-6(4-5)8(11)12;5-3(6)1-2-4(7)8/h2-9,11-13,18H,10H2,1H3;1-4H,(H,9,10)(H,11,12);1-2H,(H,5,6)(H,7,8)/b;;2-1+. The highest BCUT2D eigenvalue weighted by Gasteiger charge is 2.18. The molecular formula is C29H27N3O10S2. The van der Waals surface area contributed by atoms with Gasteiger partial charge in [0.15, 0.2) is 0 Å². The fourth-order valence-electron chi connectivity index (χ4n) is 3.20. The van der Waals surface area contributed by atoms with Crippen LogP contribution in [-0.2, 0) is 19.6 Å². The summed E-state index contributed by atoms with van der Waals surface area (Å²) in [5.74, 6) is -4.85. The highest BCUT2D eigenvalue weighted by molar-refractivity contribution is 7.90. The van der Waals surface area contributed by atoms with Crippen LogP contribution < -0.4 is 5.32 Å². The molecule has 0 fully saturated rings. The minimum absolute atomic E-state index is 0.0186. The van der Waals surface area contributed by atoms with E-state index in [4.69, 9.17) is 20.4 Å². The van der Waals surface area contributed by atoms with Gasteiger partial charge in [0.1, 0.15) is 0 Å². The minimum atomic E-state index is -3.50. The number of nitrogens with zero attached hydrogens (tertiary/aromatic N) is 2. The average molecular weight is 642 g/mol.